The van der Waals surface area contributed by atoms with Crippen LogP contribution in [0.3, 0.4) is 0 Å². The lowest BCUT2D eigenvalue weighted by molar-refractivity contribution is 0.0982. The largest absolute Gasteiger partial charge is 0.371 e. The number of aryl methyl sites for hydroxylation is 2. The van der Waals surface area contributed by atoms with E-state index < -0.39 is 5.91 Å². The van der Waals surface area contributed by atoms with E-state index in [1.807, 2.05) is 6.92 Å². The van der Waals surface area contributed by atoms with Crippen molar-refractivity contribution >= 4 is 28.9 Å². The van der Waals surface area contributed by atoms with Crippen molar-refractivity contribution in [2.45, 2.75) is 51.6 Å². The summed E-state index contributed by atoms with van der Waals surface area (Å²) in [6.45, 7) is 12.6. The second-order valence-corrected chi connectivity index (χ2v) is 11.1. The topological polar surface area (TPSA) is 120 Å². The average molecular weight is 522 g/mol. The van der Waals surface area contributed by atoms with Gasteiger partial charge in [-0.2, -0.15) is 0 Å². The Morgan fingerprint density at radius 1 is 1.03 bits per heavy atom. The van der Waals surface area contributed by atoms with Crippen LogP contribution in [0.5, 0.6) is 0 Å². The lowest BCUT2D eigenvalue weighted by Gasteiger charge is -2.43. The molecule has 1 aromatic carbocycles. The van der Waals surface area contributed by atoms with E-state index in [1.165, 1.54) is 50.3 Å². The Balaban J connectivity index is 1.30. The Morgan fingerprint density at radius 2 is 1.74 bits per heavy atom. The molecule has 5 rings (SSSR count). The molecule has 4 heterocycles. The van der Waals surface area contributed by atoms with E-state index in [0.717, 1.165) is 49.8 Å². The summed E-state index contributed by atoms with van der Waals surface area (Å²) in [5.74, 6) is 0.589. The maximum absolute atomic E-state index is 12.3. The number of benzene rings is 1. The van der Waals surface area contributed by atoms with Gasteiger partial charge >= 0.3 is 0 Å². The third-order valence-corrected chi connectivity index (χ3v) is 8.36. The fraction of sp³-hybridized carbons (Fsp3) is 0.607. The maximum Gasteiger partial charge on any atom is 0.271 e. The van der Waals surface area contributed by atoms with Crippen LogP contribution >= 0.6 is 0 Å². The molecule has 0 spiro atoms. The van der Waals surface area contributed by atoms with Gasteiger partial charge in [-0.05, 0) is 63.4 Å². The van der Waals surface area contributed by atoms with Crippen molar-refractivity contribution in [1.29, 1.82) is 0 Å². The van der Waals surface area contributed by atoms with Crippen molar-refractivity contribution in [2.24, 2.45) is 11.5 Å². The fourth-order valence-corrected chi connectivity index (χ4v) is 6.07. The van der Waals surface area contributed by atoms with Crippen LogP contribution < -0.4 is 26.6 Å². The van der Waals surface area contributed by atoms with Crippen molar-refractivity contribution in [2.75, 3.05) is 74.5 Å². The Bertz CT molecular complexity index is 1140. The summed E-state index contributed by atoms with van der Waals surface area (Å²) in [7, 11) is 2.21. The van der Waals surface area contributed by atoms with Crippen LogP contribution in [-0.4, -0.2) is 97.2 Å². The van der Waals surface area contributed by atoms with Crippen LogP contribution in [0.15, 0.2) is 18.2 Å². The Kier molecular flexibility index (Phi) is 8.01. The van der Waals surface area contributed by atoms with Gasteiger partial charge in [0, 0.05) is 75.8 Å². The molecule has 38 heavy (non-hydrogen) atoms. The summed E-state index contributed by atoms with van der Waals surface area (Å²) >= 11 is 0. The van der Waals surface area contributed by atoms with Gasteiger partial charge in [0.2, 0.25) is 0 Å². The van der Waals surface area contributed by atoms with Crippen LogP contribution in [-0.2, 0) is 6.42 Å². The molecule has 1 atom stereocenters. The Morgan fingerprint density at radius 3 is 2.34 bits per heavy atom. The first-order valence-corrected chi connectivity index (χ1v) is 14.1. The minimum atomic E-state index is -0.587. The van der Waals surface area contributed by atoms with Gasteiger partial charge in [0.05, 0.1) is 5.69 Å². The number of carbonyl (C=O) groups excluding carboxylic acids is 1. The number of likely N-dealkylation sites (N-methyl/N-ethyl adjacent to an activating group) is 1. The van der Waals surface area contributed by atoms with Gasteiger partial charge in [-0.3, -0.25) is 9.69 Å². The van der Waals surface area contributed by atoms with Crippen LogP contribution in [0.25, 0.3) is 0 Å². The normalized spacial score (nSPS) is 21.7. The Labute approximate surface area is 226 Å². The minimum Gasteiger partial charge on any atom is -0.371 e. The molecule has 0 bridgehead atoms. The molecular formula is C28H43N9O. The van der Waals surface area contributed by atoms with Crippen molar-refractivity contribution in [1.82, 2.24) is 19.8 Å². The van der Waals surface area contributed by atoms with Crippen LogP contribution in [0.4, 0.5) is 23.0 Å². The van der Waals surface area contributed by atoms with Gasteiger partial charge in [0.15, 0.2) is 17.3 Å². The summed E-state index contributed by atoms with van der Waals surface area (Å²) in [5.41, 5.74) is 16.1. The van der Waals surface area contributed by atoms with Gasteiger partial charge in [-0.25, -0.2) is 9.97 Å². The molecule has 3 aliphatic heterocycles. The van der Waals surface area contributed by atoms with E-state index >= 15 is 0 Å². The molecule has 2 aromatic rings. The van der Waals surface area contributed by atoms with Crippen LogP contribution in [0.1, 0.15) is 47.9 Å². The van der Waals surface area contributed by atoms with Crippen LogP contribution in [0.2, 0.25) is 0 Å². The smallest absolute Gasteiger partial charge is 0.271 e. The quantitative estimate of drug-likeness (QED) is 0.502. The summed E-state index contributed by atoms with van der Waals surface area (Å²) < 4.78 is 0. The number of aromatic nitrogens is 2. The first-order valence-electron chi connectivity index (χ1n) is 14.1. The van der Waals surface area contributed by atoms with E-state index in [0.29, 0.717) is 18.3 Å². The SMILES string of the molecule is CCc1nc(C(N)=O)c(Nc2ccc(N3CCC(N4CCN(C)CC4)CC3)c(C)c2)nc1N1CC[C@H](N)C1. The summed E-state index contributed by atoms with van der Waals surface area (Å²) in [6.07, 6.45) is 3.98. The number of carbonyl (C=O) groups is 1. The van der Waals surface area contributed by atoms with Gasteiger partial charge < -0.3 is 31.5 Å². The number of nitrogens with zero attached hydrogens (tertiary/aromatic N) is 6. The molecular weight excluding hydrogens is 478 g/mol. The third kappa shape index (κ3) is 5.72. The molecule has 1 aromatic heterocycles. The van der Waals surface area contributed by atoms with E-state index in [9.17, 15) is 4.79 Å². The number of nitrogens with one attached hydrogen (secondary N) is 1. The summed E-state index contributed by atoms with van der Waals surface area (Å²) in [6, 6.07) is 7.16. The molecule has 3 saturated heterocycles. The number of primary amides is 1. The van der Waals surface area contributed by atoms with Gasteiger partial charge in [-0.15, -0.1) is 0 Å². The number of hydrogen-bond donors (Lipinski definition) is 3. The second-order valence-electron chi connectivity index (χ2n) is 11.1. The minimum absolute atomic E-state index is 0.121. The summed E-state index contributed by atoms with van der Waals surface area (Å²) in [4.78, 5) is 31.5. The molecule has 3 aliphatic rings. The maximum atomic E-state index is 12.3. The van der Waals surface area contributed by atoms with E-state index in [-0.39, 0.29) is 11.7 Å². The molecule has 0 saturated carbocycles. The van der Waals surface area contributed by atoms with Crippen molar-refractivity contribution < 1.29 is 4.79 Å². The molecule has 5 N–H and O–H groups in total. The number of rotatable bonds is 7. The van der Waals surface area contributed by atoms with Gasteiger partial charge in [0.25, 0.3) is 5.91 Å². The van der Waals surface area contributed by atoms with Gasteiger partial charge in [0.1, 0.15) is 0 Å². The molecule has 0 unspecified atom stereocenters. The molecule has 0 radical (unpaired) electrons. The summed E-state index contributed by atoms with van der Waals surface area (Å²) in [5, 5.41) is 3.34. The van der Waals surface area contributed by atoms with E-state index in [4.69, 9.17) is 16.5 Å². The standard InChI is InChI=1S/C28H43N9O/c1-4-23-28(37-10-7-20(29)18-37)33-27(25(32-23)26(30)38)31-21-5-6-24(19(2)17-21)36-11-8-22(9-12-36)35-15-13-34(3)14-16-35/h5-6,17,20,22H,4,7-16,18,29H2,1-3H3,(H2,30,38)(H,31,33)/t20-/m0/s1. The highest BCUT2D eigenvalue weighted by atomic mass is 16.1. The zero-order valence-corrected chi connectivity index (χ0v) is 23.1. The lowest BCUT2D eigenvalue weighted by Crippen LogP contribution is -2.52. The number of piperazine rings is 1. The first-order chi connectivity index (χ1) is 18.3. The number of nitrogens with two attached hydrogens (primary N) is 2. The molecule has 10 nitrogen and oxygen atoms in total. The predicted molar refractivity (Wildman–Crippen MR) is 153 cm³/mol. The monoisotopic (exact) mass is 521 g/mol. The van der Waals surface area contributed by atoms with Crippen molar-refractivity contribution in [3.63, 3.8) is 0 Å². The molecule has 0 aliphatic carbocycles. The Hall–Kier alpha value is -2.95. The van der Waals surface area contributed by atoms with Crippen LogP contribution in [0, 0.1) is 6.92 Å². The molecule has 3 fully saturated rings. The molecule has 206 valence electrons. The average Bonchev–Trinajstić information content (AvgIpc) is 3.35. The van der Waals surface area contributed by atoms with Gasteiger partial charge in [-0.1, -0.05) is 6.92 Å². The lowest BCUT2D eigenvalue weighted by atomic mass is 10.0. The number of hydrogen-bond acceptors (Lipinski definition) is 9. The third-order valence-electron chi connectivity index (χ3n) is 8.36. The highest BCUT2D eigenvalue weighted by Gasteiger charge is 2.28. The highest BCUT2D eigenvalue weighted by Crippen LogP contribution is 2.31. The molecule has 10 heteroatoms. The fourth-order valence-electron chi connectivity index (χ4n) is 6.07. The molecule has 1 amide bonds. The number of anilines is 4. The first kappa shape index (κ1) is 26.6. The highest BCUT2D eigenvalue weighted by molar-refractivity contribution is 5.96. The van der Waals surface area contributed by atoms with Crippen molar-refractivity contribution in [3.05, 3.63) is 35.2 Å². The second kappa shape index (κ2) is 11.4. The zero-order chi connectivity index (χ0) is 26.8. The zero-order valence-electron chi connectivity index (χ0n) is 23.1. The van der Waals surface area contributed by atoms with E-state index in [2.05, 4.69) is 62.1 Å². The van der Waals surface area contributed by atoms with Crippen molar-refractivity contribution in [3.8, 4) is 0 Å². The number of piperidine rings is 1. The van der Waals surface area contributed by atoms with E-state index in [1.54, 1.807) is 0 Å². The predicted octanol–water partition coefficient (Wildman–Crippen LogP) is 1.94. The number of amides is 1.